The minimum absolute atomic E-state index is 0.0298. The van der Waals surface area contributed by atoms with Crippen molar-refractivity contribution in [3.63, 3.8) is 0 Å². The fraction of sp³-hybridized carbons (Fsp3) is 0.304. The van der Waals surface area contributed by atoms with Crippen molar-refractivity contribution in [3.8, 4) is 11.8 Å². The number of hydrogen-bond acceptors (Lipinski definition) is 9. The zero-order chi connectivity index (χ0) is 27.9. The first-order chi connectivity index (χ1) is 17.9. The van der Waals surface area contributed by atoms with Crippen LogP contribution in [0, 0.1) is 29.9 Å². The quantitative estimate of drug-likeness (QED) is 0.173. The molecule has 0 saturated carbocycles. The van der Waals surface area contributed by atoms with E-state index in [-0.39, 0.29) is 29.3 Å². The molecule has 0 atom stereocenters. The van der Waals surface area contributed by atoms with Crippen molar-refractivity contribution in [1.82, 2.24) is 19.0 Å². The normalized spacial score (nSPS) is 14.8. The molecular formula is C23H22F4N8O3. The number of hydrazine groups is 1. The van der Waals surface area contributed by atoms with Gasteiger partial charge in [0.1, 0.15) is 12.2 Å². The number of β-amino-alcohol motifs (C(OH)–C–C–N with tert-alkyl or cyclic N) is 1. The van der Waals surface area contributed by atoms with Crippen LogP contribution < -0.4 is 27.8 Å². The zero-order valence-electron chi connectivity index (χ0n) is 19.9. The number of hydrogen-bond donors (Lipinski definition) is 3. The third-order valence-electron chi connectivity index (χ3n) is 6.12. The number of nitrogens with two attached hydrogens (primary N) is 2. The molecular weight excluding hydrogens is 512 g/mol. The Kier molecular flexibility index (Phi) is 6.98. The van der Waals surface area contributed by atoms with Gasteiger partial charge in [-0.2, -0.15) is 5.26 Å². The lowest BCUT2D eigenvalue weighted by Crippen LogP contribution is -2.65. The molecule has 1 aliphatic heterocycles. The van der Waals surface area contributed by atoms with Crippen molar-refractivity contribution >= 4 is 17.1 Å². The first-order valence-corrected chi connectivity index (χ1v) is 11.1. The summed E-state index contributed by atoms with van der Waals surface area (Å²) in [5.41, 5.74) is 0.823. The lowest BCUT2D eigenvalue weighted by Gasteiger charge is -2.46. The molecule has 3 heterocycles. The van der Waals surface area contributed by atoms with Gasteiger partial charge in [-0.05, 0) is 18.6 Å². The van der Waals surface area contributed by atoms with Gasteiger partial charge in [0.25, 0.3) is 12.0 Å². The summed E-state index contributed by atoms with van der Waals surface area (Å²) in [6.07, 6.45) is -0.349. The Morgan fingerprint density at radius 3 is 2.47 bits per heavy atom. The van der Waals surface area contributed by atoms with Crippen molar-refractivity contribution in [1.29, 1.82) is 5.26 Å². The van der Waals surface area contributed by atoms with Crippen LogP contribution >= 0.6 is 0 Å². The molecule has 1 aromatic carbocycles. The highest BCUT2D eigenvalue weighted by Gasteiger charge is 2.49. The number of aryl methyl sites for hydroxylation is 1. The third kappa shape index (κ3) is 4.60. The van der Waals surface area contributed by atoms with E-state index in [1.807, 2.05) is 0 Å². The number of rotatable bonds is 7. The van der Waals surface area contributed by atoms with Crippen LogP contribution in [-0.2, 0) is 13.1 Å². The number of nitriles is 1. The maximum atomic E-state index is 14.1. The Hall–Kier alpha value is -4.26. The molecule has 11 nitrogen and oxygen atoms in total. The molecule has 38 heavy (non-hydrogen) atoms. The van der Waals surface area contributed by atoms with E-state index in [4.69, 9.17) is 11.6 Å². The summed E-state index contributed by atoms with van der Waals surface area (Å²) in [5.74, 6) is 3.61. The Labute approximate surface area is 212 Å². The molecule has 0 radical (unpaired) electrons. The fourth-order valence-electron chi connectivity index (χ4n) is 4.28. The molecule has 1 fully saturated rings. The van der Waals surface area contributed by atoms with E-state index in [0.717, 1.165) is 4.57 Å². The van der Waals surface area contributed by atoms with Crippen LogP contribution in [0.5, 0.6) is 0 Å². The molecule has 0 unspecified atom stereocenters. The van der Waals surface area contributed by atoms with E-state index < -0.39 is 60.2 Å². The van der Waals surface area contributed by atoms with Gasteiger partial charge in [-0.25, -0.2) is 32.8 Å². The van der Waals surface area contributed by atoms with E-state index in [1.54, 1.807) is 13.0 Å². The Morgan fingerprint density at radius 1 is 1.21 bits per heavy atom. The summed E-state index contributed by atoms with van der Waals surface area (Å²) in [4.78, 5) is 32.6. The largest absolute Gasteiger partial charge is 0.397 e. The standard InChI is InChI=1S/C23H22F4N8O3/c1-12-4-13(8-31-7-12)34-20(36)19(35(30)17-6-15(25)14(24)5-16(17)29)18(33(3-2-28)22(34)37)9-32-10-23(38,11-32)21(26)27/h4-8,21,38H,3,9-11,29-30H2,1H3. The second-order valence-corrected chi connectivity index (χ2v) is 8.93. The Morgan fingerprint density at radius 2 is 1.87 bits per heavy atom. The van der Waals surface area contributed by atoms with Crippen LogP contribution in [0.25, 0.3) is 5.69 Å². The van der Waals surface area contributed by atoms with Gasteiger partial charge in [0, 0.05) is 38.0 Å². The molecule has 200 valence electrons. The van der Waals surface area contributed by atoms with E-state index in [9.17, 15) is 37.5 Å². The summed E-state index contributed by atoms with van der Waals surface area (Å²) in [7, 11) is 0. The highest BCUT2D eigenvalue weighted by atomic mass is 19.3. The maximum Gasteiger partial charge on any atom is 0.336 e. The van der Waals surface area contributed by atoms with Gasteiger partial charge in [0.05, 0.1) is 35.0 Å². The highest BCUT2D eigenvalue weighted by molar-refractivity contribution is 5.74. The molecule has 2 aromatic heterocycles. The van der Waals surface area contributed by atoms with E-state index in [0.29, 0.717) is 27.3 Å². The first kappa shape index (κ1) is 26.8. The molecule has 1 saturated heterocycles. The van der Waals surface area contributed by atoms with Gasteiger partial charge < -0.3 is 10.8 Å². The van der Waals surface area contributed by atoms with Crippen molar-refractivity contribution in [2.75, 3.05) is 23.8 Å². The van der Waals surface area contributed by atoms with E-state index >= 15 is 0 Å². The lowest BCUT2D eigenvalue weighted by molar-refractivity contribution is -0.182. The van der Waals surface area contributed by atoms with Crippen LogP contribution in [0.15, 0.2) is 40.2 Å². The average Bonchev–Trinajstić information content (AvgIpc) is 2.82. The number of halogens is 4. The molecule has 5 N–H and O–H groups in total. The Bertz CT molecular complexity index is 1560. The smallest absolute Gasteiger partial charge is 0.336 e. The summed E-state index contributed by atoms with van der Waals surface area (Å²) in [6, 6.07) is 4.57. The SMILES string of the molecule is Cc1cncc(-n2c(=O)c(N(N)c3cc(F)c(F)cc3N)c(CN3CC(O)(C(F)F)C3)n(CC#N)c2=O)c1. The van der Waals surface area contributed by atoms with Gasteiger partial charge in [-0.15, -0.1) is 0 Å². The number of nitrogens with zero attached hydrogens (tertiary/aromatic N) is 6. The third-order valence-corrected chi connectivity index (χ3v) is 6.12. The van der Waals surface area contributed by atoms with Crippen LogP contribution in [-0.4, -0.2) is 49.2 Å². The van der Waals surface area contributed by atoms with Gasteiger partial charge in [-0.3, -0.25) is 24.3 Å². The molecule has 0 aliphatic carbocycles. The van der Waals surface area contributed by atoms with E-state index in [1.165, 1.54) is 23.4 Å². The minimum atomic E-state index is -3.05. The number of anilines is 3. The maximum absolute atomic E-state index is 14.1. The van der Waals surface area contributed by atoms with Crippen LogP contribution in [0.1, 0.15) is 11.3 Å². The number of likely N-dealkylation sites (tertiary alicyclic amines) is 1. The molecule has 0 amide bonds. The number of aromatic nitrogens is 3. The number of pyridine rings is 1. The Balaban J connectivity index is 1.99. The summed E-state index contributed by atoms with van der Waals surface area (Å²) in [6.45, 7) is -0.313. The van der Waals surface area contributed by atoms with Crippen molar-refractivity contribution in [2.24, 2.45) is 5.84 Å². The molecule has 1 aliphatic rings. The number of alkyl halides is 2. The van der Waals surface area contributed by atoms with Crippen LogP contribution in [0.2, 0.25) is 0 Å². The number of benzene rings is 1. The summed E-state index contributed by atoms with van der Waals surface area (Å²) >= 11 is 0. The topological polar surface area (TPSA) is 159 Å². The second-order valence-electron chi connectivity index (χ2n) is 8.93. The first-order valence-electron chi connectivity index (χ1n) is 11.1. The fourth-order valence-corrected chi connectivity index (χ4v) is 4.28. The molecule has 3 aromatic rings. The molecule has 15 heteroatoms. The van der Waals surface area contributed by atoms with Gasteiger partial charge in [-0.1, -0.05) is 0 Å². The van der Waals surface area contributed by atoms with Crippen LogP contribution in [0.3, 0.4) is 0 Å². The predicted octanol–water partition coefficient (Wildman–Crippen LogP) is 0.910. The molecule has 0 spiro atoms. The second kappa shape index (κ2) is 9.89. The highest BCUT2D eigenvalue weighted by Crippen LogP contribution is 2.33. The average molecular weight is 534 g/mol. The van der Waals surface area contributed by atoms with Gasteiger partial charge in [0.2, 0.25) is 0 Å². The van der Waals surface area contributed by atoms with Crippen molar-refractivity contribution in [2.45, 2.75) is 32.0 Å². The molecule has 0 bridgehead atoms. The van der Waals surface area contributed by atoms with Gasteiger partial charge >= 0.3 is 5.69 Å². The summed E-state index contributed by atoms with van der Waals surface area (Å²) in [5, 5.41) is 20.1. The predicted molar refractivity (Wildman–Crippen MR) is 128 cm³/mol. The summed E-state index contributed by atoms with van der Waals surface area (Å²) < 4.78 is 55.8. The van der Waals surface area contributed by atoms with Gasteiger partial charge in [0.15, 0.2) is 17.2 Å². The monoisotopic (exact) mass is 534 g/mol. The van der Waals surface area contributed by atoms with E-state index in [2.05, 4.69) is 4.98 Å². The number of nitrogen functional groups attached to an aromatic ring is 1. The molecule has 4 rings (SSSR count). The lowest BCUT2D eigenvalue weighted by atomic mass is 9.94. The zero-order valence-corrected chi connectivity index (χ0v) is 19.9. The van der Waals surface area contributed by atoms with Crippen molar-refractivity contribution in [3.05, 3.63) is 74.3 Å². The van der Waals surface area contributed by atoms with Crippen molar-refractivity contribution < 1.29 is 22.7 Å². The minimum Gasteiger partial charge on any atom is -0.397 e. The van der Waals surface area contributed by atoms with Crippen LogP contribution in [0.4, 0.5) is 34.6 Å². The number of aliphatic hydroxyl groups is 1.